The van der Waals surface area contributed by atoms with Crippen LogP contribution in [0.25, 0.3) is 11.0 Å². The van der Waals surface area contributed by atoms with Gasteiger partial charge in [-0.15, -0.1) is 0 Å². The number of aryl methyl sites for hydroxylation is 1. The van der Waals surface area contributed by atoms with Crippen LogP contribution in [-0.2, 0) is 6.54 Å². The molecule has 0 radical (unpaired) electrons. The Balaban J connectivity index is 1.76. The van der Waals surface area contributed by atoms with Crippen LogP contribution < -0.4 is 10.1 Å². The predicted molar refractivity (Wildman–Crippen MR) is 81.7 cm³/mol. The number of rotatable bonds is 6. The van der Waals surface area contributed by atoms with Gasteiger partial charge in [0.05, 0.1) is 19.2 Å². The van der Waals surface area contributed by atoms with Crippen molar-refractivity contribution in [1.82, 2.24) is 15.5 Å². The lowest BCUT2D eigenvalue weighted by molar-refractivity contribution is 0.335. The first-order chi connectivity index (χ1) is 10.7. The summed E-state index contributed by atoms with van der Waals surface area (Å²) >= 11 is 0. The molecule has 0 aliphatic heterocycles. The molecule has 0 fully saturated rings. The molecule has 1 aromatic carbocycles. The van der Waals surface area contributed by atoms with E-state index in [9.17, 15) is 0 Å². The number of para-hydroxylation sites is 1. The molecule has 0 saturated carbocycles. The lowest BCUT2D eigenvalue weighted by atomic mass is 10.2. The molecule has 0 saturated heterocycles. The molecule has 1 atom stereocenters. The molecule has 0 spiro atoms. The van der Waals surface area contributed by atoms with Gasteiger partial charge in [0.15, 0.2) is 17.2 Å². The first kappa shape index (κ1) is 14.6. The van der Waals surface area contributed by atoms with Crippen molar-refractivity contribution < 1.29 is 13.7 Å². The maximum absolute atomic E-state index is 5.96. The van der Waals surface area contributed by atoms with Crippen molar-refractivity contribution in [3.05, 3.63) is 41.7 Å². The Kier molecular flexibility index (Phi) is 4.11. The van der Waals surface area contributed by atoms with Crippen molar-refractivity contribution in [2.75, 3.05) is 6.61 Å². The van der Waals surface area contributed by atoms with Crippen LogP contribution in [0.3, 0.4) is 0 Å². The van der Waals surface area contributed by atoms with Gasteiger partial charge in [0.25, 0.3) is 0 Å². The van der Waals surface area contributed by atoms with Crippen LogP contribution in [0, 0.1) is 6.92 Å². The molecule has 0 bridgehead atoms. The minimum atomic E-state index is 0.0284. The van der Waals surface area contributed by atoms with Gasteiger partial charge in [-0.3, -0.25) is 0 Å². The van der Waals surface area contributed by atoms with Crippen LogP contribution in [-0.4, -0.2) is 16.7 Å². The lowest BCUT2D eigenvalue weighted by Gasteiger charge is -2.09. The Labute approximate surface area is 128 Å². The summed E-state index contributed by atoms with van der Waals surface area (Å²) < 4.78 is 16.5. The third kappa shape index (κ3) is 2.96. The fourth-order valence-corrected chi connectivity index (χ4v) is 2.30. The largest absolute Gasteiger partial charge is 0.490 e. The molecule has 2 aromatic heterocycles. The van der Waals surface area contributed by atoms with E-state index in [4.69, 9.17) is 13.7 Å². The van der Waals surface area contributed by atoms with Gasteiger partial charge in [-0.05, 0) is 26.0 Å². The van der Waals surface area contributed by atoms with Crippen LogP contribution in [0.2, 0.25) is 0 Å². The molecule has 0 amide bonds. The molecular weight excluding hydrogens is 282 g/mol. The number of hydrogen-bond acceptors (Lipinski definition) is 6. The van der Waals surface area contributed by atoms with Gasteiger partial charge in [-0.1, -0.05) is 17.3 Å². The zero-order valence-electron chi connectivity index (χ0n) is 12.9. The molecule has 116 valence electrons. The zero-order valence-corrected chi connectivity index (χ0v) is 12.9. The molecule has 0 unspecified atom stereocenters. The normalized spacial score (nSPS) is 12.7. The Bertz CT molecular complexity index is 763. The summed E-state index contributed by atoms with van der Waals surface area (Å²) in [7, 11) is 0. The molecular formula is C16H19N3O3. The van der Waals surface area contributed by atoms with Gasteiger partial charge >= 0.3 is 0 Å². The summed E-state index contributed by atoms with van der Waals surface area (Å²) in [6.07, 6.45) is 0. The number of furan rings is 1. The quantitative estimate of drug-likeness (QED) is 0.752. The highest BCUT2D eigenvalue weighted by molar-refractivity contribution is 5.83. The van der Waals surface area contributed by atoms with Gasteiger partial charge < -0.3 is 19.0 Å². The van der Waals surface area contributed by atoms with Crippen molar-refractivity contribution in [2.45, 2.75) is 33.4 Å². The van der Waals surface area contributed by atoms with E-state index < -0.39 is 0 Å². The number of aromatic nitrogens is 2. The Morgan fingerprint density at radius 3 is 2.95 bits per heavy atom. The van der Waals surface area contributed by atoms with Gasteiger partial charge in [0.1, 0.15) is 5.76 Å². The molecule has 22 heavy (non-hydrogen) atoms. The standard InChI is InChI=1S/C16H19N3O3/c1-4-20-13-7-5-6-12-8-14(21-16(12)13)10(2)17-9-15-18-11(3)22-19-15/h5-8,10,17H,4,9H2,1-3H3/t10-/m0/s1. The fraction of sp³-hybridized carbons (Fsp3) is 0.375. The monoisotopic (exact) mass is 301 g/mol. The second-order valence-electron chi connectivity index (χ2n) is 5.09. The van der Waals surface area contributed by atoms with E-state index in [1.165, 1.54) is 0 Å². The van der Waals surface area contributed by atoms with Gasteiger partial charge in [0, 0.05) is 12.3 Å². The summed E-state index contributed by atoms with van der Waals surface area (Å²) in [5.74, 6) is 2.82. The topological polar surface area (TPSA) is 73.3 Å². The van der Waals surface area contributed by atoms with Crippen molar-refractivity contribution in [3.63, 3.8) is 0 Å². The second-order valence-corrected chi connectivity index (χ2v) is 5.09. The van der Waals surface area contributed by atoms with Gasteiger partial charge in [-0.2, -0.15) is 4.98 Å². The van der Waals surface area contributed by atoms with Gasteiger partial charge in [0.2, 0.25) is 5.89 Å². The van der Waals surface area contributed by atoms with E-state index in [0.29, 0.717) is 24.9 Å². The number of nitrogens with one attached hydrogen (secondary N) is 1. The van der Waals surface area contributed by atoms with E-state index >= 15 is 0 Å². The van der Waals surface area contributed by atoms with E-state index in [2.05, 4.69) is 15.5 Å². The average Bonchev–Trinajstić information content (AvgIpc) is 3.12. The third-order valence-corrected chi connectivity index (χ3v) is 3.39. The molecule has 1 N–H and O–H groups in total. The predicted octanol–water partition coefficient (Wildman–Crippen LogP) is 3.37. The van der Waals surface area contributed by atoms with Crippen LogP contribution in [0.5, 0.6) is 5.75 Å². The van der Waals surface area contributed by atoms with Crippen molar-refractivity contribution in [2.24, 2.45) is 0 Å². The number of hydrogen-bond donors (Lipinski definition) is 1. The zero-order chi connectivity index (χ0) is 15.5. The molecule has 0 aliphatic carbocycles. The maximum atomic E-state index is 5.96. The van der Waals surface area contributed by atoms with E-state index in [1.54, 1.807) is 6.92 Å². The van der Waals surface area contributed by atoms with E-state index in [0.717, 1.165) is 22.5 Å². The smallest absolute Gasteiger partial charge is 0.223 e. The van der Waals surface area contributed by atoms with Gasteiger partial charge in [-0.25, -0.2) is 0 Å². The number of fused-ring (bicyclic) bond motifs is 1. The summed E-state index contributed by atoms with van der Waals surface area (Å²) in [5, 5.41) is 8.22. The minimum Gasteiger partial charge on any atom is -0.490 e. The molecule has 3 aromatic rings. The van der Waals surface area contributed by atoms with Crippen LogP contribution in [0.4, 0.5) is 0 Å². The first-order valence-electron chi connectivity index (χ1n) is 7.35. The van der Waals surface area contributed by atoms with E-state index in [1.807, 2.05) is 38.1 Å². The number of ether oxygens (including phenoxy) is 1. The minimum absolute atomic E-state index is 0.0284. The van der Waals surface area contributed by atoms with Crippen molar-refractivity contribution >= 4 is 11.0 Å². The highest BCUT2D eigenvalue weighted by atomic mass is 16.5. The third-order valence-electron chi connectivity index (χ3n) is 3.39. The summed E-state index contributed by atoms with van der Waals surface area (Å²) in [5.41, 5.74) is 0.781. The molecule has 6 heteroatoms. The Morgan fingerprint density at radius 1 is 1.36 bits per heavy atom. The summed E-state index contributed by atoms with van der Waals surface area (Å²) in [6, 6.07) is 7.95. The fourth-order valence-electron chi connectivity index (χ4n) is 2.30. The van der Waals surface area contributed by atoms with E-state index in [-0.39, 0.29) is 6.04 Å². The SMILES string of the molecule is CCOc1cccc2cc([C@H](C)NCc3noc(C)n3)oc12. The molecule has 2 heterocycles. The van der Waals surface area contributed by atoms with Crippen molar-refractivity contribution in [3.8, 4) is 5.75 Å². The maximum Gasteiger partial charge on any atom is 0.223 e. The van der Waals surface area contributed by atoms with Crippen LogP contribution in [0.1, 0.15) is 37.4 Å². The molecule has 6 nitrogen and oxygen atoms in total. The van der Waals surface area contributed by atoms with Crippen LogP contribution in [0.15, 0.2) is 33.2 Å². The van der Waals surface area contributed by atoms with Crippen molar-refractivity contribution in [1.29, 1.82) is 0 Å². The average molecular weight is 301 g/mol. The number of benzene rings is 1. The highest BCUT2D eigenvalue weighted by Crippen LogP contribution is 2.31. The molecule has 0 aliphatic rings. The molecule has 3 rings (SSSR count). The summed E-state index contributed by atoms with van der Waals surface area (Å²) in [4.78, 5) is 4.17. The van der Waals surface area contributed by atoms with Crippen LogP contribution >= 0.6 is 0 Å². The highest BCUT2D eigenvalue weighted by Gasteiger charge is 2.14. The number of nitrogens with zero attached hydrogens (tertiary/aromatic N) is 2. The lowest BCUT2D eigenvalue weighted by Crippen LogP contribution is -2.18. The first-order valence-corrected chi connectivity index (χ1v) is 7.35. The Morgan fingerprint density at radius 2 is 2.23 bits per heavy atom. The summed E-state index contributed by atoms with van der Waals surface area (Å²) in [6.45, 7) is 6.90. The second kappa shape index (κ2) is 6.19. The Hall–Kier alpha value is -2.34.